The Balaban J connectivity index is 3.57. The molecule has 0 unspecified atom stereocenters. The fraction of sp³-hybridized carbons (Fsp3) is 0.500. The van der Waals surface area contributed by atoms with E-state index < -0.39 is 31.8 Å². The zero-order valence-corrected chi connectivity index (χ0v) is 10.9. The van der Waals surface area contributed by atoms with Crippen molar-refractivity contribution in [2.75, 3.05) is 6.26 Å². The number of rotatable bonds is 2. The molecule has 1 aromatic rings. The van der Waals surface area contributed by atoms with Gasteiger partial charge in [-0.05, 0) is 0 Å². The smallest absolute Gasteiger partial charge is 0.340 e. The largest absolute Gasteiger partial charge is 0.478 e. The summed E-state index contributed by atoms with van der Waals surface area (Å²) in [6, 6.07) is 0. The minimum absolute atomic E-state index is 0.294. The third kappa shape index (κ3) is 3.00. The van der Waals surface area contributed by atoms with Gasteiger partial charge in [-0.15, -0.1) is 0 Å². The monoisotopic (exact) mass is 258 g/mol. The van der Waals surface area contributed by atoms with E-state index in [-0.39, 0.29) is 0 Å². The number of aromatic carboxylic acids is 1. The van der Waals surface area contributed by atoms with Gasteiger partial charge in [-0.2, -0.15) is 0 Å². The van der Waals surface area contributed by atoms with E-state index in [0.29, 0.717) is 5.82 Å². The van der Waals surface area contributed by atoms with Gasteiger partial charge in [0.05, 0.1) is 0 Å². The summed E-state index contributed by atoms with van der Waals surface area (Å²) in [6.45, 7) is 5.44. The van der Waals surface area contributed by atoms with Gasteiger partial charge in [0.1, 0.15) is 11.4 Å². The number of carboxylic acids is 1. The van der Waals surface area contributed by atoms with Crippen molar-refractivity contribution < 1.29 is 18.3 Å². The fourth-order valence-electron chi connectivity index (χ4n) is 1.16. The maximum absolute atomic E-state index is 11.5. The summed E-state index contributed by atoms with van der Waals surface area (Å²) in [5, 5.41) is 8.44. The van der Waals surface area contributed by atoms with Crippen LogP contribution in [0.2, 0.25) is 0 Å². The molecule has 0 radical (unpaired) electrons. The molecule has 1 heterocycles. The van der Waals surface area contributed by atoms with E-state index in [0.717, 1.165) is 12.5 Å². The number of aromatic nitrogens is 2. The van der Waals surface area contributed by atoms with Crippen LogP contribution in [0, 0.1) is 0 Å². The third-order valence-corrected chi connectivity index (χ3v) is 3.02. The quantitative estimate of drug-likeness (QED) is 0.791. The second kappa shape index (κ2) is 4.06. The van der Waals surface area contributed by atoms with E-state index in [1.165, 1.54) is 0 Å². The van der Waals surface area contributed by atoms with Crippen LogP contribution in [0.3, 0.4) is 0 Å². The highest BCUT2D eigenvalue weighted by Crippen LogP contribution is 2.21. The van der Waals surface area contributed by atoms with Gasteiger partial charge in [-0.1, -0.05) is 20.8 Å². The van der Waals surface area contributed by atoms with Crippen molar-refractivity contribution in [2.45, 2.75) is 31.2 Å². The van der Waals surface area contributed by atoms with Crippen LogP contribution in [-0.2, 0) is 15.3 Å². The van der Waals surface area contributed by atoms with Crippen molar-refractivity contribution in [1.29, 1.82) is 0 Å². The maximum atomic E-state index is 11.5. The predicted molar refractivity (Wildman–Crippen MR) is 60.8 cm³/mol. The zero-order valence-electron chi connectivity index (χ0n) is 10.1. The molecule has 0 saturated carbocycles. The number of hydrogen-bond acceptors (Lipinski definition) is 5. The lowest BCUT2D eigenvalue weighted by Gasteiger charge is -2.17. The Morgan fingerprint density at radius 3 is 2.24 bits per heavy atom. The molecule has 6 nitrogen and oxygen atoms in total. The highest BCUT2D eigenvalue weighted by molar-refractivity contribution is 7.90. The van der Waals surface area contributed by atoms with Crippen molar-refractivity contribution in [1.82, 2.24) is 9.97 Å². The molecule has 0 amide bonds. The summed E-state index contributed by atoms with van der Waals surface area (Å²) in [7, 11) is -3.69. The average Bonchev–Trinajstić information content (AvgIpc) is 2.14. The summed E-state index contributed by atoms with van der Waals surface area (Å²) < 4.78 is 23.0. The highest BCUT2D eigenvalue weighted by Gasteiger charge is 2.25. The second-order valence-electron chi connectivity index (χ2n) is 4.74. The molecule has 94 valence electrons. The standard InChI is InChI=1S/C10H14N2O4S/c1-10(2,3)9-11-5-6(8(13)14)7(12-9)17(4,15)16/h5H,1-4H3,(H,13,14). The Morgan fingerprint density at radius 1 is 1.35 bits per heavy atom. The van der Waals surface area contributed by atoms with Crippen LogP contribution in [0.5, 0.6) is 0 Å². The van der Waals surface area contributed by atoms with Crippen molar-refractivity contribution in [2.24, 2.45) is 0 Å². The van der Waals surface area contributed by atoms with Gasteiger partial charge in [0.2, 0.25) is 0 Å². The van der Waals surface area contributed by atoms with Crippen LogP contribution in [0.4, 0.5) is 0 Å². The minimum atomic E-state index is -3.69. The van der Waals surface area contributed by atoms with Gasteiger partial charge in [-0.3, -0.25) is 0 Å². The zero-order chi connectivity index (χ0) is 13.4. The molecule has 0 fully saturated rings. The topological polar surface area (TPSA) is 97.2 Å². The lowest BCUT2D eigenvalue weighted by atomic mass is 9.96. The molecular weight excluding hydrogens is 244 g/mol. The van der Waals surface area contributed by atoms with Crippen molar-refractivity contribution in [3.8, 4) is 0 Å². The molecule has 0 atom stereocenters. The van der Waals surface area contributed by atoms with Gasteiger partial charge < -0.3 is 5.11 Å². The Kier molecular flexibility index (Phi) is 3.24. The Labute approximate surface area is 99.6 Å². The SMILES string of the molecule is CC(C)(C)c1ncc(C(=O)O)c(S(C)(=O)=O)n1. The minimum Gasteiger partial charge on any atom is -0.478 e. The molecule has 0 aliphatic heterocycles. The molecule has 0 aromatic carbocycles. The molecule has 0 aliphatic rings. The van der Waals surface area contributed by atoms with E-state index in [1.54, 1.807) is 0 Å². The molecular formula is C10H14N2O4S. The van der Waals surface area contributed by atoms with Crippen LogP contribution >= 0.6 is 0 Å². The van der Waals surface area contributed by atoms with Crippen molar-refractivity contribution in [3.05, 3.63) is 17.6 Å². The number of carbonyl (C=O) groups is 1. The van der Waals surface area contributed by atoms with Gasteiger partial charge in [0.25, 0.3) is 0 Å². The average molecular weight is 258 g/mol. The van der Waals surface area contributed by atoms with Crippen molar-refractivity contribution in [3.63, 3.8) is 0 Å². The van der Waals surface area contributed by atoms with E-state index in [4.69, 9.17) is 5.11 Å². The van der Waals surface area contributed by atoms with Crippen LogP contribution in [0.15, 0.2) is 11.2 Å². The van der Waals surface area contributed by atoms with Gasteiger partial charge >= 0.3 is 5.97 Å². The molecule has 7 heteroatoms. The van der Waals surface area contributed by atoms with Gasteiger partial charge in [-0.25, -0.2) is 23.2 Å². The summed E-state index contributed by atoms with van der Waals surface area (Å²) in [5.74, 6) is -1.06. The molecule has 1 aromatic heterocycles. The van der Waals surface area contributed by atoms with Crippen LogP contribution in [-0.4, -0.2) is 35.7 Å². The second-order valence-corrected chi connectivity index (χ2v) is 6.67. The third-order valence-electron chi connectivity index (χ3n) is 2.01. The highest BCUT2D eigenvalue weighted by atomic mass is 32.2. The summed E-state index contributed by atoms with van der Waals surface area (Å²) in [6.07, 6.45) is 1.96. The predicted octanol–water partition coefficient (Wildman–Crippen LogP) is 0.876. The number of sulfone groups is 1. The first-order chi connectivity index (χ1) is 7.53. The normalized spacial score (nSPS) is 12.5. The Morgan fingerprint density at radius 2 is 1.88 bits per heavy atom. The molecule has 0 spiro atoms. The Hall–Kier alpha value is -1.50. The first-order valence-corrected chi connectivity index (χ1v) is 6.73. The van der Waals surface area contributed by atoms with E-state index in [9.17, 15) is 13.2 Å². The first-order valence-electron chi connectivity index (χ1n) is 4.84. The number of carboxylic acid groups (broad SMARTS) is 1. The van der Waals surface area contributed by atoms with Crippen LogP contribution in [0.25, 0.3) is 0 Å². The summed E-state index contributed by atoms with van der Waals surface area (Å²) in [4.78, 5) is 18.6. The Bertz CT molecular complexity index is 558. The van der Waals surface area contributed by atoms with Gasteiger partial charge in [0.15, 0.2) is 14.9 Å². The lowest BCUT2D eigenvalue weighted by molar-refractivity contribution is 0.0691. The molecule has 1 N–H and O–H groups in total. The molecule has 1 rings (SSSR count). The molecule has 0 aliphatic carbocycles. The lowest BCUT2D eigenvalue weighted by Crippen LogP contribution is -2.20. The van der Waals surface area contributed by atoms with Crippen LogP contribution < -0.4 is 0 Å². The maximum Gasteiger partial charge on any atom is 0.340 e. The molecule has 0 saturated heterocycles. The first kappa shape index (κ1) is 13.6. The van der Waals surface area contributed by atoms with E-state index >= 15 is 0 Å². The van der Waals surface area contributed by atoms with E-state index in [1.807, 2.05) is 20.8 Å². The number of nitrogens with zero attached hydrogens (tertiary/aromatic N) is 2. The molecule has 0 bridgehead atoms. The van der Waals surface area contributed by atoms with Gasteiger partial charge in [0, 0.05) is 17.9 Å². The molecule has 17 heavy (non-hydrogen) atoms. The van der Waals surface area contributed by atoms with Crippen LogP contribution in [0.1, 0.15) is 37.0 Å². The summed E-state index contributed by atoms with van der Waals surface area (Å²) >= 11 is 0. The summed E-state index contributed by atoms with van der Waals surface area (Å²) in [5.41, 5.74) is -0.850. The fourth-order valence-corrected chi connectivity index (χ4v) is 1.95. The van der Waals surface area contributed by atoms with Crippen molar-refractivity contribution >= 4 is 15.8 Å². The number of hydrogen-bond donors (Lipinski definition) is 1. The van der Waals surface area contributed by atoms with E-state index in [2.05, 4.69) is 9.97 Å².